The van der Waals surface area contributed by atoms with E-state index in [2.05, 4.69) is 15.4 Å². The van der Waals surface area contributed by atoms with Crippen LogP contribution in [0.3, 0.4) is 0 Å². The highest BCUT2D eigenvalue weighted by Crippen LogP contribution is 2.30. The van der Waals surface area contributed by atoms with Crippen LogP contribution < -0.4 is 5.63 Å². The molecule has 0 saturated heterocycles. The molecule has 2 heterocycles. The quantitative estimate of drug-likeness (QED) is 0.463. The third kappa shape index (κ3) is 1.61. The SMILES string of the molecule is O=c1ccc2ccc(C3([N+](=O)[O-])C=NN=N3)cc2o1. The minimum absolute atomic E-state index is 0.226. The monoisotopic (exact) mass is 258 g/mol. The Kier molecular flexibility index (Phi) is 2.24. The van der Waals surface area contributed by atoms with Crippen LogP contribution >= 0.6 is 0 Å². The molecule has 1 aromatic carbocycles. The maximum atomic E-state index is 11.2. The Bertz CT molecular complexity index is 781. The Hall–Kier alpha value is -2.90. The molecule has 0 radical (unpaired) electrons. The maximum Gasteiger partial charge on any atom is 0.394 e. The first kappa shape index (κ1) is 11.2. The molecule has 1 atom stereocenters. The fourth-order valence-corrected chi connectivity index (χ4v) is 1.84. The van der Waals surface area contributed by atoms with Gasteiger partial charge in [0.2, 0.25) is 0 Å². The molecule has 0 aliphatic carbocycles. The van der Waals surface area contributed by atoms with Crippen molar-refractivity contribution in [1.29, 1.82) is 0 Å². The topological polar surface area (TPSA) is 110 Å². The van der Waals surface area contributed by atoms with E-state index in [1.807, 2.05) is 0 Å². The second-order valence-electron chi connectivity index (χ2n) is 3.92. The zero-order valence-corrected chi connectivity index (χ0v) is 9.39. The van der Waals surface area contributed by atoms with Gasteiger partial charge in [0.15, 0.2) is 0 Å². The summed E-state index contributed by atoms with van der Waals surface area (Å²) in [7, 11) is 0. The van der Waals surface area contributed by atoms with Crippen molar-refractivity contribution in [3.8, 4) is 0 Å². The maximum absolute atomic E-state index is 11.2. The van der Waals surface area contributed by atoms with Gasteiger partial charge in [-0.3, -0.25) is 10.1 Å². The Labute approximate surface area is 105 Å². The molecule has 3 rings (SSSR count). The Morgan fingerprint density at radius 1 is 1.26 bits per heavy atom. The van der Waals surface area contributed by atoms with Gasteiger partial charge in [-0.1, -0.05) is 11.2 Å². The molecule has 0 N–H and O–H groups in total. The van der Waals surface area contributed by atoms with E-state index in [0.717, 1.165) is 6.21 Å². The summed E-state index contributed by atoms with van der Waals surface area (Å²) < 4.78 is 4.99. The van der Waals surface area contributed by atoms with Crippen LogP contribution in [0.2, 0.25) is 0 Å². The van der Waals surface area contributed by atoms with Gasteiger partial charge in [0, 0.05) is 11.5 Å². The normalized spacial score (nSPS) is 21.1. The summed E-state index contributed by atoms with van der Waals surface area (Å²) in [6, 6.07) is 7.40. The van der Waals surface area contributed by atoms with Gasteiger partial charge in [-0.2, -0.15) is 0 Å². The minimum Gasteiger partial charge on any atom is -0.423 e. The lowest BCUT2D eigenvalue weighted by molar-refractivity contribution is -0.552. The zero-order chi connectivity index (χ0) is 13.5. The van der Waals surface area contributed by atoms with E-state index in [9.17, 15) is 14.9 Å². The van der Waals surface area contributed by atoms with Crippen LogP contribution in [0, 0.1) is 10.1 Å². The first-order valence-electron chi connectivity index (χ1n) is 5.27. The highest BCUT2D eigenvalue weighted by Gasteiger charge is 2.47. The number of fused-ring (bicyclic) bond motifs is 1. The highest BCUT2D eigenvalue weighted by atomic mass is 16.6. The lowest BCUT2D eigenvalue weighted by Gasteiger charge is -2.12. The van der Waals surface area contributed by atoms with E-state index in [4.69, 9.17) is 4.42 Å². The molecule has 94 valence electrons. The van der Waals surface area contributed by atoms with Crippen molar-refractivity contribution in [1.82, 2.24) is 0 Å². The summed E-state index contributed by atoms with van der Waals surface area (Å²) in [5.41, 5.74) is -1.89. The molecule has 1 aliphatic heterocycles. The predicted octanol–water partition coefficient (Wildman–Crippen LogP) is 1.67. The summed E-state index contributed by atoms with van der Waals surface area (Å²) >= 11 is 0. The van der Waals surface area contributed by atoms with Crippen LogP contribution in [0.4, 0.5) is 0 Å². The van der Waals surface area contributed by atoms with E-state index < -0.39 is 16.2 Å². The highest BCUT2D eigenvalue weighted by molar-refractivity contribution is 5.80. The first-order chi connectivity index (χ1) is 9.12. The van der Waals surface area contributed by atoms with E-state index in [0.29, 0.717) is 5.39 Å². The largest absolute Gasteiger partial charge is 0.423 e. The molecule has 0 saturated carbocycles. The first-order valence-corrected chi connectivity index (χ1v) is 5.27. The van der Waals surface area contributed by atoms with Crippen LogP contribution in [0.1, 0.15) is 5.56 Å². The Balaban J connectivity index is 2.25. The summed E-state index contributed by atoms with van der Waals surface area (Å²) in [6.07, 6.45) is 1.04. The number of hydrogen-bond donors (Lipinski definition) is 0. The third-order valence-corrected chi connectivity index (χ3v) is 2.81. The van der Waals surface area contributed by atoms with Crippen molar-refractivity contribution in [2.75, 3.05) is 0 Å². The number of benzene rings is 1. The fourth-order valence-electron chi connectivity index (χ4n) is 1.84. The van der Waals surface area contributed by atoms with Gasteiger partial charge in [0.1, 0.15) is 11.8 Å². The van der Waals surface area contributed by atoms with E-state index in [1.165, 1.54) is 18.2 Å². The average Bonchev–Trinajstić information content (AvgIpc) is 2.88. The van der Waals surface area contributed by atoms with Gasteiger partial charge in [-0.05, 0) is 23.4 Å². The molecule has 0 spiro atoms. The summed E-state index contributed by atoms with van der Waals surface area (Å²) in [4.78, 5) is 21.8. The molecule has 0 bridgehead atoms. The van der Waals surface area contributed by atoms with Gasteiger partial charge < -0.3 is 4.42 Å². The smallest absolute Gasteiger partial charge is 0.394 e. The molecule has 1 unspecified atom stereocenters. The van der Waals surface area contributed by atoms with E-state index in [-0.39, 0.29) is 11.1 Å². The Morgan fingerprint density at radius 2 is 2.05 bits per heavy atom. The van der Waals surface area contributed by atoms with Crippen molar-refractivity contribution in [2.45, 2.75) is 5.66 Å². The number of rotatable bonds is 2. The van der Waals surface area contributed by atoms with Gasteiger partial charge in [0.25, 0.3) is 0 Å². The van der Waals surface area contributed by atoms with Gasteiger partial charge in [-0.15, -0.1) is 5.10 Å². The van der Waals surface area contributed by atoms with E-state index in [1.54, 1.807) is 12.1 Å². The second-order valence-corrected chi connectivity index (χ2v) is 3.92. The van der Waals surface area contributed by atoms with Crippen LogP contribution in [-0.2, 0) is 5.66 Å². The third-order valence-electron chi connectivity index (χ3n) is 2.81. The molecular weight excluding hydrogens is 252 g/mol. The van der Waals surface area contributed by atoms with Crippen molar-refractivity contribution < 1.29 is 9.34 Å². The lowest BCUT2D eigenvalue weighted by atomic mass is 10.0. The minimum atomic E-state index is -1.84. The summed E-state index contributed by atoms with van der Waals surface area (Å²) in [5.74, 6) is 0. The molecule has 1 aromatic heterocycles. The van der Waals surface area contributed by atoms with Gasteiger partial charge >= 0.3 is 11.3 Å². The van der Waals surface area contributed by atoms with Gasteiger partial charge in [0.05, 0.1) is 10.5 Å². The van der Waals surface area contributed by atoms with Crippen molar-refractivity contribution >= 4 is 17.2 Å². The van der Waals surface area contributed by atoms with Crippen LogP contribution in [0.25, 0.3) is 11.0 Å². The van der Waals surface area contributed by atoms with Crippen molar-refractivity contribution in [3.05, 3.63) is 56.4 Å². The van der Waals surface area contributed by atoms with Crippen LogP contribution in [0.5, 0.6) is 0 Å². The number of nitro groups is 1. The number of hydrogen-bond acceptors (Lipinski definition) is 7. The molecule has 19 heavy (non-hydrogen) atoms. The molecule has 0 fully saturated rings. The van der Waals surface area contributed by atoms with E-state index >= 15 is 0 Å². The second kappa shape index (κ2) is 3.80. The molecule has 1 aliphatic rings. The molecule has 0 amide bonds. The molecule has 2 aromatic rings. The standard InChI is InChI=1S/C11H6N4O4/c16-10-4-2-7-1-3-8(5-9(7)19-10)11(15(17)18)6-12-14-13-11/h1-6H. The predicted molar refractivity (Wildman–Crippen MR) is 64.5 cm³/mol. The molecule has 8 nitrogen and oxygen atoms in total. The molecular formula is C11H6N4O4. The Morgan fingerprint density at radius 3 is 2.74 bits per heavy atom. The van der Waals surface area contributed by atoms with Crippen molar-refractivity contribution in [2.24, 2.45) is 15.4 Å². The molecule has 8 heteroatoms. The summed E-state index contributed by atoms with van der Waals surface area (Å²) in [6.45, 7) is 0. The van der Waals surface area contributed by atoms with Crippen LogP contribution in [-0.4, -0.2) is 11.1 Å². The number of nitrogens with zero attached hydrogens (tertiary/aromatic N) is 4. The van der Waals surface area contributed by atoms with Crippen LogP contribution in [0.15, 0.2) is 55.0 Å². The average molecular weight is 258 g/mol. The fraction of sp³-hybridized carbons (Fsp3) is 0.0909. The zero-order valence-electron chi connectivity index (χ0n) is 9.39. The van der Waals surface area contributed by atoms with Gasteiger partial charge in [-0.25, -0.2) is 4.79 Å². The summed E-state index contributed by atoms with van der Waals surface area (Å²) in [5, 5.41) is 22.1. The lowest BCUT2D eigenvalue weighted by Crippen LogP contribution is -2.33. The van der Waals surface area contributed by atoms with Crippen molar-refractivity contribution in [3.63, 3.8) is 0 Å².